The second-order valence-electron chi connectivity index (χ2n) is 5.58. The predicted octanol–water partition coefficient (Wildman–Crippen LogP) is 2.99. The summed E-state index contributed by atoms with van der Waals surface area (Å²) in [6.45, 7) is 6.84. The fourth-order valence-corrected chi connectivity index (χ4v) is 2.64. The van der Waals surface area contributed by atoms with Crippen LogP contribution in [0.15, 0.2) is 30.5 Å². The molecule has 0 bridgehead atoms. The van der Waals surface area contributed by atoms with Crippen molar-refractivity contribution in [3.8, 4) is 0 Å². The molecule has 0 aliphatic heterocycles. The summed E-state index contributed by atoms with van der Waals surface area (Å²) in [6.07, 6.45) is 1.82. The minimum absolute atomic E-state index is 0.0453. The fourth-order valence-electron chi connectivity index (χ4n) is 2.64. The molecule has 0 unspecified atom stereocenters. The van der Waals surface area contributed by atoms with Gasteiger partial charge in [0.2, 0.25) is 0 Å². The van der Waals surface area contributed by atoms with Crippen LogP contribution in [0.3, 0.4) is 0 Å². The van der Waals surface area contributed by atoms with Crippen molar-refractivity contribution in [3.63, 3.8) is 0 Å². The zero-order valence-electron chi connectivity index (χ0n) is 13.2. The Kier molecular flexibility index (Phi) is 4.85. The Hall–Kier alpha value is -2.30. The second-order valence-corrected chi connectivity index (χ2v) is 5.58. The highest BCUT2D eigenvalue weighted by molar-refractivity contribution is 6.07. The minimum Gasteiger partial charge on any atom is -0.481 e. The molecule has 0 radical (unpaired) electrons. The van der Waals surface area contributed by atoms with Gasteiger partial charge in [-0.2, -0.15) is 0 Å². The number of hydrogen-bond acceptors (Lipinski definition) is 2. The summed E-state index contributed by atoms with van der Waals surface area (Å²) in [5.41, 5.74) is 1.66. The summed E-state index contributed by atoms with van der Waals surface area (Å²) in [6, 6.07) is 7.75. The molecule has 0 aliphatic rings. The maximum absolute atomic E-state index is 12.9. The van der Waals surface area contributed by atoms with E-state index in [1.165, 1.54) is 0 Å². The van der Waals surface area contributed by atoms with Crippen molar-refractivity contribution in [1.82, 2.24) is 9.47 Å². The Morgan fingerprint density at radius 1 is 1.27 bits per heavy atom. The normalized spacial score (nSPS) is 11.1. The quantitative estimate of drug-likeness (QED) is 0.892. The van der Waals surface area contributed by atoms with Gasteiger partial charge in [0.05, 0.1) is 12.0 Å². The van der Waals surface area contributed by atoms with Crippen LogP contribution in [0.25, 0.3) is 10.9 Å². The van der Waals surface area contributed by atoms with Crippen LogP contribution in [0, 0.1) is 0 Å². The lowest BCUT2D eigenvalue weighted by Gasteiger charge is -2.26. The topological polar surface area (TPSA) is 62.5 Å². The third kappa shape index (κ3) is 3.13. The standard InChI is InChI=1S/C17H22N2O3/c1-4-18-11-14(13-7-5-6-8-15(13)18)17(22)19(12(2)3)10-9-16(20)21/h5-8,11-12H,4,9-10H2,1-3H3,(H,20,21). The molecule has 1 N–H and O–H groups in total. The van der Waals surface area contributed by atoms with Crippen LogP contribution in [-0.4, -0.2) is 39.0 Å². The molecule has 1 aromatic heterocycles. The maximum atomic E-state index is 12.9. The lowest BCUT2D eigenvalue weighted by molar-refractivity contribution is -0.137. The molecular formula is C17H22N2O3. The number of amides is 1. The molecule has 2 aromatic rings. The van der Waals surface area contributed by atoms with E-state index in [2.05, 4.69) is 0 Å². The van der Waals surface area contributed by atoms with Gasteiger partial charge in [0.1, 0.15) is 0 Å². The molecule has 0 saturated heterocycles. The Labute approximate surface area is 130 Å². The van der Waals surface area contributed by atoms with E-state index in [1.807, 2.05) is 55.8 Å². The highest BCUT2D eigenvalue weighted by Crippen LogP contribution is 2.23. The average Bonchev–Trinajstić information content (AvgIpc) is 2.85. The van der Waals surface area contributed by atoms with Gasteiger partial charge in [-0.05, 0) is 26.8 Å². The van der Waals surface area contributed by atoms with E-state index in [1.54, 1.807) is 4.90 Å². The third-order valence-electron chi connectivity index (χ3n) is 3.81. The van der Waals surface area contributed by atoms with Crippen molar-refractivity contribution in [3.05, 3.63) is 36.0 Å². The number of rotatable bonds is 6. The van der Waals surface area contributed by atoms with Crippen LogP contribution in [0.1, 0.15) is 37.6 Å². The molecule has 118 valence electrons. The smallest absolute Gasteiger partial charge is 0.305 e. The number of fused-ring (bicyclic) bond motifs is 1. The summed E-state index contributed by atoms with van der Waals surface area (Å²) in [5.74, 6) is -1.01. The minimum atomic E-state index is -0.894. The van der Waals surface area contributed by atoms with Gasteiger partial charge >= 0.3 is 5.97 Å². The number of carbonyl (C=O) groups excluding carboxylic acids is 1. The number of aryl methyl sites for hydroxylation is 1. The SMILES string of the molecule is CCn1cc(C(=O)N(CCC(=O)O)C(C)C)c2ccccc21. The number of nitrogens with zero attached hydrogens (tertiary/aromatic N) is 2. The summed E-state index contributed by atoms with van der Waals surface area (Å²) in [5, 5.41) is 9.78. The Bertz CT molecular complexity index is 688. The summed E-state index contributed by atoms with van der Waals surface area (Å²) in [4.78, 5) is 25.3. The van der Waals surface area contributed by atoms with Gasteiger partial charge in [-0.3, -0.25) is 9.59 Å². The van der Waals surface area contributed by atoms with Crippen molar-refractivity contribution >= 4 is 22.8 Å². The lowest BCUT2D eigenvalue weighted by Crippen LogP contribution is -2.38. The first-order valence-electron chi connectivity index (χ1n) is 7.56. The predicted molar refractivity (Wildman–Crippen MR) is 86.0 cm³/mol. The van der Waals surface area contributed by atoms with Gasteiger partial charge in [0, 0.05) is 36.2 Å². The van der Waals surface area contributed by atoms with Gasteiger partial charge in [0.25, 0.3) is 5.91 Å². The second kappa shape index (κ2) is 6.64. The Balaban J connectivity index is 2.40. The molecule has 22 heavy (non-hydrogen) atoms. The summed E-state index contributed by atoms with van der Waals surface area (Å²) in [7, 11) is 0. The molecule has 1 amide bonds. The van der Waals surface area contributed by atoms with Crippen molar-refractivity contribution in [2.75, 3.05) is 6.54 Å². The highest BCUT2D eigenvalue weighted by atomic mass is 16.4. The first-order valence-corrected chi connectivity index (χ1v) is 7.56. The fraction of sp³-hybridized carbons (Fsp3) is 0.412. The lowest BCUT2D eigenvalue weighted by atomic mass is 10.1. The largest absolute Gasteiger partial charge is 0.481 e. The van der Waals surface area contributed by atoms with E-state index in [9.17, 15) is 9.59 Å². The van der Waals surface area contributed by atoms with Gasteiger partial charge in [-0.25, -0.2) is 0 Å². The van der Waals surface area contributed by atoms with Crippen molar-refractivity contribution in [1.29, 1.82) is 0 Å². The Morgan fingerprint density at radius 2 is 1.95 bits per heavy atom. The molecule has 0 aliphatic carbocycles. The van der Waals surface area contributed by atoms with Crippen molar-refractivity contribution in [2.45, 2.75) is 39.8 Å². The molecule has 1 aromatic carbocycles. The van der Waals surface area contributed by atoms with Crippen molar-refractivity contribution < 1.29 is 14.7 Å². The molecule has 0 atom stereocenters. The van der Waals surface area contributed by atoms with Crippen LogP contribution in [0.5, 0.6) is 0 Å². The number of carboxylic acid groups (broad SMARTS) is 1. The molecule has 2 rings (SSSR count). The number of carbonyl (C=O) groups is 2. The van der Waals surface area contributed by atoms with E-state index in [4.69, 9.17) is 5.11 Å². The third-order valence-corrected chi connectivity index (χ3v) is 3.81. The van der Waals surface area contributed by atoms with Crippen LogP contribution in [-0.2, 0) is 11.3 Å². The first-order chi connectivity index (χ1) is 10.5. The molecule has 0 spiro atoms. The zero-order valence-corrected chi connectivity index (χ0v) is 13.2. The number of hydrogen-bond donors (Lipinski definition) is 1. The van der Waals surface area contributed by atoms with E-state index in [-0.39, 0.29) is 24.9 Å². The van der Waals surface area contributed by atoms with E-state index >= 15 is 0 Å². The van der Waals surface area contributed by atoms with E-state index in [0.717, 1.165) is 17.4 Å². The van der Waals surface area contributed by atoms with Crippen LogP contribution in [0.2, 0.25) is 0 Å². The summed E-state index contributed by atoms with van der Waals surface area (Å²) < 4.78 is 2.04. The molecule has 0 fully saturated rings. The van der Waals surface area contributed by atoms with Crippen LogP contribution >= 0.6 is 0 Å². The molecule has 0 saturated carbocycles. The van der Waals surface area contributed by atoms with Gasteiger partial charge in [-0.1, -0.05) is 18.2 Å². The number of carboxylic acids is 1. The van der Waals surface area contributed by atoms with E-state index in [0.29, 0.717) is 5.56 Å². The number of aromatic nitrogens is 1. The van der Waals surface area contributed by atoms with Gasteiger partial charge in [-0.15, -0.1) is 0 Å². The van der Waals surface area contributed by atoms with Gasteiger partial charge in [0.15, 0.2) is 0 Å². The van der Waals surface area contributed by atoms with Gasteiger partial charge < -0.3 is 14.6 Å². The monoisotopic (exact) mass is 302 g/mol. The summed E-state index contributed by atoms with van der Waals surface area (Å²) >= 11 is 0. The number of aliphatic carboxylic acids is 1. The van der Waals surface area contributed by atoms with Crippen LogP contribution in [0.4, 0.5) is 0 Å². The Morgan fingerprint density at radius 3 is 2.55 bits per heavy atom. The first kappa shape index (κ1) is 16.1. The number of benzene rings is 1. The molecule has 5 heteroatoms. The molecule has 1 heterocycles. The molecule has 5 nitrogen and oxygen atoms in total. The maximum Gasteiger partial charge on any atom is 0.305 e. The average molecular weight is 302 g/mol. The molecular weight excluding hydrogens is 280 g/mol. The highest BCUT2D eigenvalue weighted by Gasteiger charge is 2.23. The van der Waals surface area contributed by atoms with Crippen molar-refractivity contribution in [2.24, 2.45) is 0 Å². The zero-order chi connectivity index (χ0) is 16.3. The van der Waals surface area contributed by atoms with Crippen LogP contribution < -0.4 is 0 Å². The van der Waals surface area contributed by atoms with E-state index < -0.39 is 5.97 Å². The number of para-hydroxylation sites is 1.